The molecule has 0 radical (unpaired) electrons. The number of amides is 1. The van der Waals surface area contributed by atoms with E-state index in [9.17, 15) is 9.90 Å². The third-order valence-corrected chi connectivity index (χ3v) is 6.27. The molecule has 1 atom stereocenters. The average Bonchev–Trinajstić information content (AvgIpc) is 2.94. The summed E-state index contributed by atoms with van der Waals surface area (Å²) < 4.78 is 1.31. The number of fused-ring (bicyclic) bond motifs is 3. The molecule has 2 aromatic rings. The van der Waals surface area contributed by atoms with Gasteiger partial charge >= 0.3 is 0 Å². The van der Waals surface area contributed by atoms with Gasteiger partial charge < -0.3 is 15.7 Å². The van der Waals surface area contributed by atoms with E-state index in [1.165, 1.54) is 20.5 Å². The van der Waals surface area contributed by atoms with Gasteiger partial charge in [-0.25, -0.2) is 0 Å². The van der Waals surface area contributed by atoms with Crippen LogP contribution in [0.1, 0.15) is 36.1 Å². The smallest absolute Gasteiger partial charge is 0.237 e. The van der Waals surface area contributed by atoms with Crippen molar-refractivity contribution in [1.82, 2.24) is 10.6 Å². The van der Waals surface area contributed by atoms with Crippen LogP contribution in [0, 0.1) is 0 Å². The number of rotatable bonds is 2. The van der Waals surface area contributed by atoms with E-state index < -0.39 is 0 Å². The molecule has 2 heterocycles. The van der Waals surface area contributed by atoms with Crippen LogP contribution < -0.4 is 10.6 Å². The van der Waals surface area contributed by atoms with E-state index in [-0.39, 0.29) is 36.5 Å². The second-order valence-corrected chi connectivity index (χ2v) is 7.79. The Morgan fingerprint density at radius 1 is 1.21 bits per heavy atom. The molecular formula is C18H23ClN2O2S. The van der Waals surface area contributed by atoms with Gasteiger partial charge in [0.2, 0.25) is 5.91 Å². The summed E-state index contributed by atoms with van der Waals surface area (Å²) in [7, 11) is 0. The highest BCUT2D eigenvalue weighted by atomic mass is 35.5. The van der Waals surface area contributed by atoms with E-state index in [4.69, 9.17) is 0 Å². The molecule has 4 nitrogen and oxygen atoms in total. The van der Waals surface area contributed by atoms with Crippen molar-refractivity contribution >= 4 is 39.7 Å². The lowest BCUT2D eigenvalue weighted by Gasteiger charge is -2.29. The Morgan fingerprint density at radius 2 is 1.96 bits per heavy atom. The summed E-state index contributed by atoms with van der Waals surface area (Å²) in [5.74, 6) is 0.104. The highest BCUT2D eigenvalue weighted by Gasteiger charge is 2.29. The Kier molecular flexibility index (Phi) is 5.45. The van der Waals surface area contributed by atoms with Crippen molar-refractivity contribution in [3.8, 4) is 0 Å². The highest BCUT2D eigenvalue weighted by Crippen LogP contribution is 2.34. The minimum atomic E-state index is -0.185. The number of halogens is 1. The maximum Gasteiger partial charge on any atom is 0.237 e. The zero-order chi connectivity index (χ0) is 15.8. The fourth-order valence-corrected chi connectivity index (χ4v) is 4.90. The topological polar surface area (TPSA) is 61.4 Å². The first-order valence-corrected chi connectivity index (χ1v) is 9.23. The summed E-state index contributed by atoms with van der Waals surface area (Å²) in [5.41, 5.74) is 1.34. The molecule has 4 rings (SSSR count). The quantitative estimate of drug-likeness (QED) is 0.765. The number of aliphatic hydroxyl groups is 1. The lowest BCUT2D eigenvalue weighted by Crippen LogP contribution is -2.51. The molecule has 0 spiro atoms. The standard InChI is InChI=1S/C18H22N2O2S.ClH/c21-12-7-5-11(6-8-12)20-18(22)15-9-14-13-3-1-2-4-16(13)23-17(14)10-19-15;/h1-4,11-12,15,19,21H,5-10H2,(H,20,22);1H/t11?,12?,15-;/m1./s1. The predicted molar refractivity (Wildman–Crippen MR) is 99.8 cm³/mol. The number of hydrogen-bond donors (Lipinski definition) is 3. The maximum atomic E-state index is 12.6. The number of carbonyl (C=O) groups is 1. The first kappa shape index (κ1) is 17.7. The number of thiophene rings is 1. The number of nitrogens with one attached hydrogen (secondary N) is 2. The van der Waals surface area contributed by atoms with E-state index in [0.29, 0.717) is 0 Å². The largest absolute Gasteiger partial charge is 0.393 e. The molecule has 0 saturated heterocycles. The molecule has 1 amide bonds. The van der Waals surface area contributed by atoms with Gasteiger partial charge in [0.1, 0.15) is 0 Å². The first-order chi connectivity index (χ1) is 11.2. The third kappa shape index (κ3) is 3.45. The Morgan fingerprint density at radius 3 is 2.75 bits per heavy atom. The predicted octanol–water partition coefficient (Wildman–Crippen LogP) is 2.76. The van der Waals surface area contributed by atoms with Crippen LogP contribution in [-0.4, -0.2) is 29.2 Å². The molecule has 1 aliphatic carbocycles. The Balaban J connectivity index is 0.00000169. The van der Waals surface area contributed by atoms with Crippen LogP contribution in [0.2, 0.25) is 0 Å². The summed E-state index contributed by atoms with van der Waals surface area (Å²) in [6.45, 7) is 0.774. The van der Waals surface area contributed by atoms with Crippen LogP contribution in [0.3, 0.4) is 0 Å². The van der Waals surface area contributed by atoms with Crippen molar-refractivity contribution in [2.45, 2.75) is 56.8 Å². The van der Waals surface area contributed by atoms with E-state index in [0.717, 1.165) is 38.6 Å². The highest BCUT2D eigenvalue weighted by molar-refractivity contribution is 7.19. The zero-order valence-electron chi connectivity index (χ0n) is 13.5. The summed E-state index contributed by atoms with van der Waals surface area (Å²) in [6, 6.07) is 8.52. The maximum absolute atomic E-state index is 12.6. The van der Waals surface area contributed by atoms with E-state index in [1.807, 2.05) is 11.3 Å². The average molecular weight is 367 g/mol. The second-order valence-electron chi connectivity index (χ2n) is 6.65. The summed E-state index contributed by atoms with van der Waals surface area (Å²) in [6.07, 6.45) is 3.93. The first-order valence-electron chi connectivity index (χ1n) is 8.42. The van der Waals surface area contributed by atoms with Gasteiger partial charge in [0, 0.05) is 22.2 Å². The molecule has 24 heavy (non-hydrogen) atoms. The van der Waals surface area contributed by atoms with Gasteiger partial charge in [-0.15, -0.1) is 23.7 Å². The monoisotopic (exact) mass is 366 g/mol. The van der Waals surface area contributed by atoms with Crippen molar-refractivity contribution in [2.24, 2.45) is 0 Å². The molecular weight excluding hydrogens is 344 g/mol. The van der Waals surface area contributed by atoms with Crippen LogP contribution in [0.25, 0.3) is 10.1 Å². The van der Waals surface area contributed by atoms with Crippen LogP contribution in [-0.2, 0) is 17.8 Å². The SMILES string of the molecule is Cl.O=C(NC1CCC(O)CC1)[C@H]1Cc2c(sc3ccccc23)CN1. The molecule has 1 fully saturated rings. The fourth-order valence-electron chi connectivity index (χ4n) is 3.72. The van der Waals surface area contributed by atoms with Crippen molar-refractivity contribution in [1.29, 1.82) is 0 Å². The fraction of sp³-hybridized carbons (Fsp3) is 0.500. The van der Waals surface area contributed by atoms with Gasteiger partial charge in [0.05, 0.1) is 12.1 Å². The lowest BCUT2D eigenvalue weighted by molar-refractivity contribution is -0.124. The van der Waals surface area contributed by atoms with E-state index in [2.05, 4.69) is 34.9 Å². The molecule has 1 aromatic carbocycles. The van der Waals surface area contributed by atoms with Crippen molar-refractivity contribution in [3.63, 3.8) is 0 Å². The van der Waals surface area contributed by atoms with Crippen molar-refractivity contribution in [2.75, 3.05) is 0 Å². The normalized spacial score (nSPS) is 26.5. The summed E-state index contributed by atoms with van der Waals surface area (Å²) in [4.78, 5) is 13.9. The molecule has 1 saturated carbocycles. The molecule has 130 valence electrons. The van der Waals surface area contributed by atoms with Crippen LogP contribution in [0.15, 0.2) is 24.3 Å². The van der Waals surface area contributed by atoms with Crippen LogP contribution in [0.4, 0.5) is 0 Å². The second kappa shape index (κ2) is 7.40. The Bertz CT molecular complexity index is 725. The molecule has 3 N–H and O–H groups in total. The minimum Gasteiger partial charge on any atom is -0.393 e. The number of benzene rings is 1. The zero-order valence-corrected chi connectivity index (χ0v) is 15.1. The summed E-state index contributed by atoms with van der Waals surface area (Å²) >= 11 is 1.83. The molecule has 1 aliphatic heterocycles. The van der Waals surface area contributed by atoms with Crippen LogP contribution in [0.5, 0.6) is 0 Å². The van der Waals surface area contributed by atoms with Gasteiger partial charge in [-0.2, -0.15) is 0 Å². The van der Waals surface area contributed by atoms with Crippen molar-refractivity contribution in [3.05, 3.63) is 34.7 Å². The van der Waals surface area contributed by atoms with Crippen LogP contribution >= 0.6 is 23.7 Å². The van der Waals surface area contributed by atoms with Gasteiger partial charge in [0.25, 0.3) is 0 Å². The number of hydrogen-bond acceptors (Lipinski definition) is 4. The third-order valence-electron chi connectivity index (χ3n) is 5.06. The molecule has 2 aliphatic rings. The Labute approximate surface area is 152 Å². The van der Waals surface area contributed by atoms with Gasteiger partial charge in [-0.1, -0.05) is 18.2 Å². The molecule has 1 aromatic heterocycles. The van der Waals surface area contributed by atoms with Gasteiger partial charge in [0.15, 0.2) is 0 Å². The minimum absolute atomic E-state index is 0. The number of aliphatic hydroxyl groups excluding tert-OH is 1. The van der Waals surface area contributed by atoms with E-state index >= 15 is 0 Å². The van der Waals surface area contributed by atoms with Crippen molar-refractivity contribution < 1.29 is 9.90 Å². The lowest BCUT2D eigenvalue weighted by atomic mass is 9.92. The summed E-state index contributed by atoms with van der Waals surface area (Å²) in [5, 5.41) is 17.4. The molecule has 0 unspecified atom stereocenters. The number of carbonyl (C=O) groups excluding carboxylic acids is 1. The molecule has 0 bridgehead atoms. The van der Waals surface area contributed by atoms with Gasteiger partial charge in [-0.05, 0) is 49.1 Å². The Hall–Kier alpha value is -1.14. The molecule has 6 heteroatoms. The van der Waals surface area contributed by atoms with Gasteiger partial charge in [-0.3, -0.25) is 4.79 Å². The van der Waals surface area contributed by atoms with E-state index in [1.54, 1.807) is 0 Å².